The Morgan fingerprint density at radius 1 is 1.40 bits per heavy atom. The second-order valence-electron chi connectivity index (χ2n) is 6.59. The van der Waals surface area contributed by atoms with Crippen molar-refractivity contribution >= 4 is 5.97 Å². The fourth-order valence-electron chi connectivity index (χ4n) is 2.78. The standard InChI is InChI=1S/C16H32N2O2/c1-7-20-15(19)16(5,17-6)10-13(4)18(12(2)3)11-14-8-9-14/h12-14,17H,7-11H2,1-6H3. The molecule has 4 nitrogen and oxygen atoms in total. The lowest BCUT2D eigenvalue weighted by Gasteiger charge is -2.38. The van der Waals surface area contributed by atoms with Gasteiger partial charge < -0.3 is 10.1 Å². The van der Waals surface area contributed by atoms with Crippen LogP contribution < -0.4 is 5.32 Å². The van der Waals surface area contributed by atoms with E-state index in [0.29, 0.717) is 18.7 Å². The smallest absolute Gasteiger partial charge is 0.326 e. The number of hydrogen-bond donors (Lipinski definition) is 1. The van der Waals surface area contributed by atoms with Crippen molar-refractivity contribution < 1.29 is 9.53 Å². The fourth-order valence-corrected chi connectivity index (χ4v) is 2.78. The second kappa shape index (κ2) is 7.41. The van der Waals surface area contributed by atoms with Gasteiger partial charge in [-0.1, -0.05) is 0 Å². The number of esters is 1. The predicted octanol–water partition coefficient (Wildman–Crippen LogP) is 2.43. The zero-order valence-electron chi connectivity index (χ0n) is 14.0. The first-order valence-electron chi connectivity index (χ1n) is 7.96. The highest BCUT2D eigenvalue weighted by Gasteiger charge is 2.37. The average Bonchev–Trinajstić information content (AvgIpc) is 3.19. The number of ether oxygens (including phenoxy) is 1. The first kappa shape index (κ1) is 17.4. The Bertz CT molecular complexity index is 316. The van der Waals surface area contributed by atoms with Crippen molar-refractivity contribution in [2.75, 3.05) is 20.2 Å². The van der Waals surface area contributed by atoms with Crippen molar-refractivity contribution in [3.8, 4) is 0 Å². The average molecular weight is 284 g/mol. The van der Waals surface area contributed by atoms with Crippen molar-refractivity contribution in [3.63, 3.8) is 0 Å². The molecule has 0 bridgehead atoms. The number of nitrogens with zero attached hydrogens (tertiary/aromatic N) is 1. The highest BCUT2D eigenvalue weighted by molar-refractivity contribution is 5.80. The van der Waals surface area contributed by atoms with Gasteiger partial charge in [-0.15, -0.1) is 0 Å². The molecule has 0 saturated heterocycles. The van der Waals surface area contributed by atoms with Gasteiger partial charge in [0.25, 0.3) is 0 Å². The number of carbonyl (C=O) groups is 1. The normalized spacial score (nSPS) is 20.0. The van der Waals surface area contributed by atoms with Crippen molar-refractivity contribution in [2.45, 2.75) is 71.5 Å². The lowest BCUT2D eigenvalue weighted by molar-refractivity contribution is -0.151. The SMILES string of the molecule is CCOC(=O)C(C)(CC(C)N(CC1CC1)C(C)C)NC. The second-order valence-corrected chi connectivity index (χ2v) is 6.59. The Morgan fingerprint density at radius 2 is 2.00 bits per heavy atom. The molecular weight excluding hydrogens is 252 g/mol. The van der Waals surface area contributed by atoms with E-state index >= 15 is 0 Å². The largest absolute Gasteiger partial charge is 0.465 e. The zero-order valence-corrected chi connectivity index (χ0v) is 14.0. The molecule has 0 aromatic carbocycles. The summed E-state index contributed by atoms with van der Waals surface area (Å²) in [5.41, 5.74) is -0.605. The molecule has 1 rings (SSSR count). The molecule has 2 atom stereocenters. The fraction of sp³-hybridized carbons (Fsp3) is 0.938. The van der Waals surface area contributed by atoms with Crippen LogP contribution >= 0.6 is 0 Å². The molecule has 1 fully saturated rings. The van der Waals surface area contributed by atoms with Crippen molar-refractivity contribution in [1.82, 2.24) is 10.2 Å². The number of nitrogens with one attached hydrogen (secondary N) is 1. The zero-order chi connectivity index (χ0) is 15.3. The molecule has 118 valence electrons. The number of rotatable bonds is 9. The van der Waals surface area contributed by atoms with Gasteiger partial charge in [0.05, 0.1) is 6.61 Å². The molecule has 0 aromatic rings. The molecule has 0 spiro atoms. The molecule has 4 heteroatoms. The Hall–Kier alpha value is -0.610. The van der Waals surface area contributed by atoms with Gasteiger partial charge in [0.2, 0.25) is 0 Å². The van der Waals surface area contributed by atoms with Gasteiger partial charge >= 0.3 is 5.97 Å². The summed E-state index contributed by atoms with van der Waals surface area (Å²) in [6, 6.07) is 0.867. The Balaban J connectivity index is 2.67. The van der Waals surface area contributed by atoms with Crippen LogP contribution in [0.3, 0.4) is 0 Å². The van der Waals surface area contributed by atoms with Gasteiger partial charge in [0.1, 0.15) is 5.54 Å². The maximum absolute atomic E-state index is 12.2. The molecule has 20 heavy (non-hydrogen) atoms. The molecule has 1 aliphatic carbocycles. The van der Waals surface area contributed by atoms with E-state index < -0.39 is 5.54 Å². The highest BCUT2D eigenvalue weighted by Crippen LogP contribution is 2.32. The minimum atomic E-state index is -0.605. The van der Waals surface area contributed by atoms with Crippen LogP contribution in [0.5, 0.6) is 0 Å². The van der Waals surface area contributed by atoms with Crippen LogP contribution in [-0.4, -0.2) is 48.7 Å². The van der Waals surface area contributed by atoms with E-state index in [1.165, 1.54) is 12.8 Å². The molecular formula is C16H32N2O2. The summed E-state index contributed by atoms with van der Waals surface area (Å²) in [4.78, 5) is 14.7. The molecule has 0 radical (unpaired) electrons. The number of likely N-dealkylation sites (N-methyl/N-ethyl adjacent to an activating group) is 1. The lowest BCUT2D eigenvalue weighted by atomic mass is 9.92. The van der Waals surface area contributed by atoms with E-state index in [9.17, 15) is 4.79 Å². The Morgan fingerprint density at radius 3 is 2.40 bits per heavy atom. The molecule has 0 aliphatic heterocycles. The molecule has 1 saturated carbocycles. The summed E-state index contributed by atoms with van der Waals surface area (Å²) in [5, 5.41) is 3.16. The van der Waals surface area contributed by atoms with Crippen LogP contribution in [0, 0.1) is 5.92 Å². The number of carbonyl (C=O) groups excluding carboxylic acids is 1. The minimum Gasteiger partial charge on any atom is -0.465 e. The summed E-state index contributed by atoms with van der Waals surface area (Å²) in [7, 11) is 1.84. The van der Waals surface area contributed by atoms with Crippen LogP contribution in [0.15, 0.2) is 0 Å². The van der Waals surface area contributed by atoms with Crippen LogP contribution in [0.25, 0.3) is 0 Å². The summed E-state index contributed by atoms with van der Waals surface area (Å²) in [6.45, 7) is 12.1. The van der Waals surface area contributed by atoms with Crippen LogP contribution in [0.1, 0.15) is 53.9 Å². The van der Waals surface area contributed by atoms with Crippen LogP contribution in [-0.2, 0) is 9.53 Å². The third-order valence-corrected chi connectivity index (χ3v) is 4.38. The topological polar surface area (TPSA) is 41.6 Å². The van der Waals surface area contributed by atoms with Gasteiger partial charge in [0.15, 0.2) is 0 Å². The number of hydrogen-bond acceptors (Lipinski definition) is 4. The summed E-state index contributed by atoms with van der Waals surface area (Å²) in [5.74, 6) is 0.716. The summed E-state index contributed by atoms with van der Waals surface area (Å²) in [6.07, 6.45) is 3.49. The van der Waals surface area contributed by atoms with E-state index in [0.717, 1.165) is 18.9 Å². The van der Waals surface area contributed by atoms with Gasteiger partial charge in [-0.25, -0.2) is 0 Å². The van der Waals surface area contributed by atoms with Crippen LogP contribution in [0.2, 0.25) is 0 Å². The third-order valence-electron chi connectivity index (χ3n) is 4.38. The van der Waals surface area contributed by atoms with E-state index in [-0.39, 0.29) is 5.97 Å². The van der Waals surface area contributed by atoms with E-state index in [4.69, 9.17) is 4.74 Å². The van der Waals surface area contributed by atoms with E-state index in [2.05, 4.69) is 31.0 Å². The molecule has 1 N–H and O–H groups in total. The third kappa shape index (κ3) is 4.74. The van der Waals surface area contributed by atoms with E-state index in [1.807, 2.05) is 20.9 Å². The molecule has 0 aromatic heterocycles. The molecule has 1 aliphatic rings. The molecule has 0 amide bonds. The van der Waals surface area contributed by atoms with Gasteiger partial charge in [-0.2, -0.15) is 0 Å². The van der Waals surface area contributed by atoms with Crippen molar-refractivity contribution in [1.29, 1.82) is 0 Å². The molecule has 0 heterocycles. The van der Waals surface area contributed by atoms with E-state index in [1.54, 1.807) is 0 Å². The maximum atomic E-state index is 12.2. The lowest BCUT2D eigenvalue weighted by Crippen LogP contribution is -2.54. The van der Waals surface area contributed by atoms with Gasteiger partial charge in [0, 0.05) is 18.6 Å². The van der Waals surface area contributed by atoms with Gasteiger partial charge in [-0.3, -0.25) is 9.69 Å². The highest BCUT2D eigenvalue weighted by atomic mass is 16.5. The first-order chi connectivity index (χ1) is 9.34. The van der Waals surface area contributed by atoms with Crippen LogP contribution in [0.4, 0.5) is 0 Å². The Labute approximate surface area is 124 Å². The van der Waals surface area contributed by atoms with Gasteiger partial charge in [-0.05, 0) is 66.8 Å². The quantitative estimate of drug-likeness (QED) is 0.660. The first-order valence-corrected chi connectivity index (χ1v) is 7.96. The predicted molar refractivity (Wildman–Crippen MR) is 82.7 cm³/mol. The Kier molecular flexibility index (Phi) is 6.46. The monoisotopic (exact) mass is 284 g/mol. The maximum Gasteiger partial charge on any atom is 0.326 e. The summed E-state index contributed by atoms with van der Waals surface area (Å²) < 4.78 is 5.21. The summed E-state index contributed by atoms with van der Waals surface area (Å²) >= 11 is 0. The van der Waals surface area contributed by atoms with Crippen molar-refractivity contribution in [3.05, 3.63) is 0 Å². The van der Waals surface area contributed by atoms with Crippen molar-refractivity contribution in [2.24, 2.45) is 5.92 Å². The molecule has 2 unspecified atom stereocenters. The minimum absolute atomic E-state index is 0.149.